The van der Waals surface area contributed by atoms with E-state index in [1.165, 1.54) is 38.5 Å². The molecule has 0 heterocycles. The van der Waals surface area contributed by atoms with Gasteiger partial charge in [-0.05, 0) is 44.2 Å². The zero-order valence-corrected chi connectivity index (χ0v) is 15.1. The van der Waals surface area contributed by atoms with Crippen molar-refractivity contribution in [3.63, 3.8) is 0 Å². The lowest BCUT2D eigenvalue weighted by Crippen LogP contribution is -2.25. The minimum Gasteiger partial charge on any atom is -0.302 e. The Hall–Kier alpha value is -0.630. The van der Waals surface area contributed by atoms with E-state index in [9.17, 15) is 4.57 Å². The lowest BCUT2D eigenvalue weighted by Gasteiger charge is -2.32. The predicted octanol–water partition coefficient (Wildman–Crippen LogP) is 5.51. The number of hydrogen-bond acceptors (Lipinski definition) is 3. The second-order valence-electron chi connectivity index (χ2n) is 7.01. The molecule has 2 aliphatic carbocycles. The smallest absolute Gasteiger partial charge is 0.302 e. The Kier molecular flexibility index (Phi) is 5.96. The van der Waals surface area contributed by atoms with Crippen molar-refractivity contribution in [2.45, 2.75) is 83.3 Å². The van der Waals surface area contributed by atoms with Gasteiger partial charge >= 0.3 is 7.60 Å². The minimum atomic E-state index is -3.25. The molecule has 2 fully saturated rings. The maximum atomic E-state index is 13.7. The first-order chi connectivity index (χ1) is 11.2. The predicted molar refractivity (Wildman–Crippen MR) is 94.3 cm³/mol. The third kappa shape index (κ3) is 4.47. The fourth-order valence-corrected chi connectivity index (χ4v) is 6.00. The average Bonchev–Trinajstić information content (AvgIpc) is 2.57. The van der Waals surface area contributed by atoms with Crippen molar-refractivity contribution >= 4 is 12.9 Å². The van der Waals surface area contributed by atoms with Gasteiger partial charge in [-0.3, -0.25) is 4.57 Å². The van der Waals surface area contributed by atoms with Crippen molar-refractivity contribution in [1.29, 1.82) is 0 Å². The van der Waals surface area contributed by atoms with Gasteiger partial charge in [0.1, 0.15) is 0 Å². The van der Waals surface area contributed by atoms with E-state index >= 15 is 0 Å². The van der Waals surface area contributed by atoms with Gasteiger partial charge < -0.3 is 9.05 Å². The molecule has 3 rings (SSSR count). The van der Waals surface area contributed by atoms with Crippen molar-refractivity contribution in [2.24, 2.45) is 0 Å². The molecule has 0 radical (unpaired) electrons. The molecule has 2 saturated carbocycles. The largest absolute Gasteiger partial charge is 0.362 e. The van der Waals surface area contributed by atoms with Crippen LogP contribution in [0.2, 0.25) is 0 Å². The molecule has 1 aromatic carbocycles. The molecule has 0 aromatic heterocycles. The van der Waals surface area contributed by atoms with Crippen LogP contribution in [0.15, 0.2) is 24.3 Å². The van der Waals surface area contributed by atoms with Gasteiger partial charge in [0.2, 0.25) is 0 Å². The highest BCUT2D eigenvalue weighted by Gasteiger charge is 2.36. The van der Waals surface area contributed by atoms with Crippen molar-refractivity contribution in [1.82, 2.24) is 0 Å². The summed E-state index contributed by atoms with van der Waals surface area (Å²) in [6.07, 6.45) is 11.4. The monoisotopic (exact) mass is 336 g/mol. The van der Waals surface area contributed by atoms with Gasteiger partial charge in [-0.2, -0.15) is 0 Å². The number of aryl methyl sites for hydroxylation is 1. The van der Waals surface area contributed by atoms with E-state index < -0.39 is 7.60 Å². The van der Waals surface area contributed by atoms with Crippen LogP contribution in [0.25, 0.3) is 0 Å². The van der Waals surface area contributed by atoms with Crippen LogP contribution in [0.3, 0.4) is 0 Å². The molecule has 0 N–H and O–H groups in total. The molecule has 0 spiro atoms. The summed E-state index contributed by atoms with van der Waals surface area (Å²) in [7, 11) is -3.25. The number of hydrogen-bond donors (Lipinski definition) is 0. The standard InChI is InChI=1S/C19H29O3P/c1-16-10-8-9-15-19(16)23(20,21-17-11-4-2-5-12-17)22-18-13-6-3-7-14-18/h8-10,15,17-18H,2-7,11-14H2,1H3. The zero-order valence-electron chi connectivity index (χ0n) is 14.2. The van der Waals surface area contributed by atoms with E-state index in [1.54, 1.807) is 0 Å². The second kappa shape index (κ2) is 7.96. The van der Waals surface area contributed by atoms with E-state index in [-0.39, 0.29) is 12.2 Å². The molecule has 0 atom stereocenters. The summed E-state index contributed by atoms with van der Waals surface area (Å²) in [5.41, 5.74) is 1.00. The van der Waals surface area contributed by atoms with Gasteiger partial charge in [0, 0.05) is 0 Å². The second-order valence-corrected chi connectivity index (χ2v) is 8.91. The maximum absolute atomic E-state index is 13.7. The number of rotatable bonds is 5. The van der Waals surface area contributed by atoms with Crippen molar-refractivity contribution in [3.8, 4) is 0 Å². The van der Waals surface area contributed by atoms with E-state index in [1.807, 2.05) is 31.2 Å². The van der Waals surface area contributed by atoms with Crippen LogP contribution in [-0.2, 0) is 13.6 Å². The first-order valence-electron chi connectivity index (χ1n) is 9.20. The van der Waals surface area contributed by atoms with Crippen LogP contribution < -0.4 is 5.30 Å². The Bertz CT molecular complexity index is 521. The SMILES string of the molecule is Cc1ccccc1P(=O)(OC1CCCCC1)OC1CCCCC1. The van der Waals surface area contributed by atoms with E-state index in [0.717, 1.165) is 36.6 Å². The van der Waals surface area contributed by atoms with Gasteiger partial charge in [0.25, 0.3) is 0 Å². The van der Waals surface area contributed by atoms with Gasteiger partial charge in [-0.1, -0.05) is 56.7 Å². The minimum absolute atomic E-state index is 0.0813. The fourth-order valence-electron chi connectivity index (χ4n) is 3.74. The van der Waals surface area contributed by atoms with Gasteiger partial charge in [0.05, 0.1) is 17.5 Å². The molecular formula is C19H29O3P. The summed E-state index contributed by atoms with van der Waals surface area (Å²) in [5, 5.41) is 0.760. The third-order valence-corrected chi connectivity index (χ3v) is 7.33. The Labute approximate surface area is 140 Å². The Balaban J connectivity index is 1.82. The van der Waals surface area contributed by atoms with Crippen LogP contribution >= 0.6 is 7.60 Å². The summed E-state index contributed by atoms with van der Waals surface area (Å²) >= 11 is 0. The first-order valence-corrected chi connectivity index (χ1v) is 10.7. The summed E-state index contributed by atoms with van der Waals surface area (Å²) in [4.78, 5) is 0. The molecule has 0 unspecified atom stereocenters. The molecule has 128 valence electrons. The topological polar surface area (TPSA) is 35.5 Å². The number of benzene rings is 1. The molecule has 0 amide bonds. The maximum Gasteiger partial charge on any atom is 0.362 e. The fraction of sp³-hybridized carbons (Fsp3) is 0.684. The molecular weight excluding hydrogens is 307 g/mol. The average molecular weight is 336 g/mol. The van der Waals surface area contributed by atoms with Crippen LogP contribution in [0.4, 0.5) is 0 Å². The molecule has 1 aromatic rings. The molecule has 0 bridgehead atoms. The molecule has 4 heteroatoms. The van der Waals surface area contributed by atoms with Gasteiger partial charge in [0.15, 0.2) is 0 Å². The van der Waals surface area contributed by atoms with E-state index in [2.05, 4.69) is 0 Å². The molecule has 2 aliphatic rings. The highest BCUT2D eigenvalue weighted by Crippen LogP contribution is 2.53. The molecule has 0 aliphatic heterocycles. The first kappa shape index (κ1) is 17.2. The highest BCUT2D eigenvalue weighted by molar-refractivity contribution is 7.62. The van der Waals surface area contributed by atoms with Crippen LogP contribution in [0.1, 0.15) is 69.8 Å². The van der Waals surface area contributed by atoms with Crippen LogP contribution in [0.5, 0.6) is 0 Å². The summed E-state index contributed by atoms with van der Waals surface area (Å²) in [6, 6.07) is 7.83. The van der Waals surface area contributed by atoms with Crippen LogP contribution in [-0.4, -0.2) is 12.2 Å². The summed E-state index contributed by atoms with van der Waals surface area (Å²) in [6.45, 7) is 2.00. The van der Waals surface area contributed by atoms with Gasteiger partial charge in [-0.15, -0.1) is 0 Å². The summed E-state index contributed by atoms with van der Waals surface area (Å²) < 4.78 is 26.1. The Morgan fingerprint density at radius 1 is 0.826 bits per heavy atom. The van der Waals surface area contributed by atoms with E-state index in [4.69, 9.17) is 9.05 Å². The van der Waals surface area contributed by atoms with Crippen molar-refractivity contribution in [3.05, 3.63) is 29.8 Å². The molecule has 3 nitrogen and oxygen atoms in total. The lowest BCUT2D eigenvalue weighted by molar-refractivity contribution is 0.0845. The quantitative estimate of drug-likeness (QED) is 0.665. The Morgan fingerprint density at radius 3 is 1.78 bits per heavy atom. The van der Waals surface area contributed by atoms with E-state index in [0.29, 0.717) is 0 Å². The molecule has 23 heavy (non-hydrogen) atoms. The normalized spacial score (nSPS) is 21.4. The van der Waals surface area contributed by atoms with Gasteiger partial charge in [-0.25, -0.2) is 0 Å². The highest BCUT2D eigenvalue weighted by atomic mass is 31.2. The Morgan fingerprint density at radius 2 is 1.30 bits per heavy atom. The zero-order chi connectivity index (χ0) is 16.1. The van der Waals surface area contributed by atoms with Crippen molar-refractivity contribution < 1.29 is 13.6 Å². The molecule has 0 saturated heterocycles. The summed E-state index contributed by atoms with van der Waals surface area (Å²) in [5.74, 6) is 0. The third-order valence-electron chi connectivity index (χ3n) is 5.09. The lowest BCUT2D eigenvalue weighted by atomic mass is 9.98. The van der Waals surface area contributed by atoms with Crippen LogP contribution in [0, 0.1) is 6.92 Å². The van der Waals surface area contributed by atoms with Crippen molar-refractivity contribution in [2.75, 3.05) is 0 Å².